The minimum atomic E-state index is -0.999. The largest absolute Gasteiger partial charge is 0.302 e. The molecule has 5 nitrogen and oxygen atoms in total. The lowest BCUT2D eigenvalue weighted by atomic mass is 10.2. The van der Waals surface area contributed by atoms with Crippen LogP contribution < -0.4 is 5.73 Å². The lowest BCUT2D eigenvalue weighted by Gasteiger charge is -2.07. The molecule has 0 bridgehead atoms. The van der Waals surface area contributed by atoms with Crippen LogP contribution in [-0.2, 0) is 4.84 Å². The number of nitrogens with two attached hydrogens (primary N) is 1. The Labute approximate surface area is 68.9 Å². The molecule has 1 atom stereocenters. The van der Waals surface area contributed by atoms with Crippen LogP contribution in [0.2, 0.25) is 0 Å². The molecule has 1 unspecified atom stereocenters. The van der Waals surface area contributed by atoms with E-state index in [1.54, 1.807) is 30.3 Å². The predicted molar refractivity (Wildman–Crippen MR) is 41.4 cm³/mol. The number of nitrogens with zero attached hydrogens (tertiary/aromatic N) is 1. The van der Waals surface area contributed by atoms with Crippen molar-refractivity contribution in [3.8, 4) is 0 Å². The van der Waals surface area contributed by atoms with Gasteiger partial charge in [0.05, 0.1) is 0 Å². The third kappa shape index (κ3) is 2.21. The predicted octanol–water partition coefficient (Wildman–Crippen LogP) is 0.852. The lowest BCUT2D eigenvalue weighted by Crippen LogP contribution is -2.17. The van der Waals surface area contributed by atoms with E-state index >= 15 is 0 Å². The van der Waals surface area contributed by atoms with Crippen molar-refractivity contribution >= 4 is 0 Å². The second kappa shape index (κ2) is 3.68. The lowest BCUT2D eigenvalue weighted by molar-refractivity contribution is -0.770. The van der Waals surface area contributed by atoms with E-state index in [4.69, 9.17) is 5.73 Å². The van der Waals surface area contributed by atoms with Crippen LogP contribution in [0.4, 0.5) is 0 Å². The molecule has 5 heteroatoms. The summed E-state index contributed by atoms with van der Waals surface area (Å²) in [6.07, 6.45) is -0.999. The molecule has 0 amide bonds. The first-order valence-corrected chi connectivity index (χ1v) is 3.32. The SMILES string of the molecule is NC(O[N+](=O)[O-])c1ccccc1. The van der Waals surface area contributed by atoms with Crippen LogP contribution in [0.25, 0.3) is 0 Å². The van der Waals surface area contributed by atoms with Crippen molar-refractivity contribution in [3.63, 3.8) is 0 Å². The van der Waals surface area contributed by atoms with Gasteiger partial charge in [0.25, 0.3) is 5.09 Å². The first kappa shape index (κ1) is 8.48. The maximum atomic E-state index is 9.89. The van der Waals surface area contributed by atoms with Crippen molar-refractivity contribution in [2.24, 2.45) is 5.73 Å². The van der Waals surface area contributed by atoms with Crippen LogP contribution >= 0.6 is 0 Å². The van der Waals surface area contributed by atoms with Crippen molar-refractivity contribution in [1.29, 1.82) is 0 Å². The van der Waals surface area contributed by atoms with Gasteiger partial charge in [0, 0.05) is 0 Å². The Kier molecular flexibility index (Phi) is 2.60. The molecule has 1 aromatic carbocycles. The zero-order chi connectivity index (χ0) is 8.97. The van der Waals surface area contributed by atoms with Gasteiger partial charge in [-0.05, 0) is 5.56 Å². The van der Waals surface area contributed by atoms with E-state index < -0.39 is 11.3 Å². The summed E-state index contributed by atoms with van der Waals surface area (Å²) in [6.45, 7) is 0. The van der Waals surface area contributed by atoms with Gasteiger partial charge in [0.15, 0.2) is 6.23 Å². The summed E-state index contributed by atoms with van der Waals surface area (Å²) in [5.41, 5.74) is 5.91. The standard InChI is InChI=1S/C7H8N2O3/c8-7(12-9(10)11)6-4-2-1-3-5-6/h1-5,7H,8H2. The monoisotopic (exact) mass is 168 g/mol. The molecule has 0 aliphatic rings. The molecular weight excluding hydrogens is 160 g/mol. The molecule has 0 aliphatic carbocycles. The Morgan fingerprint density at radius 1 is 1.42 bits per heavy atom. The Hall–Kier alpha value is -1.62. The molecule has 0 spiro atoms. The highest BCUT2D eigenvalue weighted by atomic mass is 17.0. The Bertz CT molecular complexity index is 263. The van der Waals surface area contributed by atoms with Gasteiger partial charge < -0.3 is 5.73 Å². The van der Waals surface area contributed by atoms with Crippen molar-refractivity contribution < 1.29 is 9.92 Å². The minimum Gasteiger partial charge on any atom is -0.302 e. The van der Waals surface area contributed by atoms with E-state index in [0.717, 1.165) is 0 Å². The summed E-state index contributed by atoms with van der Waals surface area (Å²) >= 11 is 0. The molecule has 0 saturated heterocycles. The summed E-state index contributed by atoms with van der Waals surface area (Å²) < 4.78 is 0. The molecule has 12 heavy (non-hydrogen) atoms. The zero-order valence-corrected chi connectivity index (χ0v) is 6.21. The van der Waals surface area contributed by atoms with Gasteiger partial charge in [-0.25, -0.2) is 0 Å². The Morgan fingerprint density at radius 3 is 2.50 bits per heavy atom. The van der Waals surface area contributed by atoms with E-state index in [-0.39, 0.29) is 0 Å². The second-order valence-electron chi connectivity index (χ2n) is 2.16. The average Bonchev–Trinajstić information content (AvgIpc) is 2.05. The van der Waals surface area contributed by atoms with Crippen LogP contribution in [0.5, 0.6) is 0 Å². The van der Waals surface area contributed by atoms with E-state index in [1.165, 1.54) is 0 Å². The van der Waals surface area contributed by atoms with Gasteiger partial charge in [-0.15, -0.1) is 10.1 Å². The molecule has 2 N–H and O–H groups in total. The van der Waals surface area contributed by atoms with E-state index in [9.17, 15) is 10.1 Å². The highest BCUT2D eigenvalue weighted by Crippen LogP contribution is 2.09. The zero-order valence-electron chi connectivity index (χ0n) is 6.21. The molecule has 64 valence electrons. The molecule has 0 fully saturated rings. The summed E-state index contributed by atoms with van der Waals surface area (Å²) in [4.78, 5) is 14.0. The fourth-order valence-electron chi connectivity index (χ4n) is 0.796. The minimum absolute atomic E-state index is 0.578. The summed E-state index contributed by atoms with van der Waals surface area (Å²) in [5.74, 6) is 0. The smallest absolute Gasteiger partial charge is 0.296 e. The number of benzene rings is 1. The average molecular weight is 168 g/mol. The highest BCUT2D eigenvalue weighted by Gasteiger charge is 2.08. The summed E-state index contributed by atoms with van der Waals surface area (Å²) in [6, 6.07) is 8.59. The van der Waals surface area contributed by atoms with Crippen LogP contribution in [0.3, 0.4) is 0 Å². The summed E-state index contributed by atoms with van der Waals surface area (Å²) in [5, 5.41) is 8.98. The molecule has 0 aromatic heterocycles. The quantitative estimate of drug-likeness (QED) is 0.412. The Morgan fingerprint density at radius 2 is 2.00 bits per heavy atom. The van der Waals surface area contributed by atoms with Crippen LogP contribution in [0.15, 0.2) is 30.3 Å². The molecule has 0 heterocycles. The number of rotatable bonds is 3. The van der Waals surface area contributed by atoms with Crippen molar-refractivity contribution in [1.82, 2.24) is 0 Å². The molecule has 0 radical (unpaired) electrons. The van der Waals surface area contributed by atoms with Crippen molar-refractivity contribution in [2.45, 2.75) is 6.23 Å². The normalized spacial score (nSPS) is 12.1. The van der Waals surface area contributed by atoms with Gasteiger partial charge in [-0.2, -0.15) is 0 Å². The fourth-order valence-corrected chi connectivity index (χ4v) is 0.796. The molecule has 1 aromatic rings. The van der Waals surface area contributed by atoms with Crippen molar-refractivity contribution in [3.05, 3.63) is 46.0 Å². The maximum absolute atomic E-state index is 9.89. The first-order valence-electron chi connectivity index (χ1n) is 3.32. The molecule has 1 rings (SSSR count). The number of hydrogen-bond acceptors (Lipinski definition) is 4. The first-order chi connectivity index (χ1) is 5.70. The molecule has 0 saturated carbocycles. The molecule has 0 aliphatic heterocycles. The van der Waals surface area contributed by atoms with Gasteiger partial charge in [0.2, 0.25) is 0 Å². The second-order valence-corrected chi connectivity index (χ2v) is 2.16. The third-order valence-electron chi connectivity index (χ3n) is 1.33. The van der Waals surface area contributed by atoms with Crippen LogP contribution in [0.1, 0.15) is 11.8 Å². The Balaban J connectivity index is 2.65. The van der Waals surface area contributed by atoms with Crippen LogP contribution in [-0.4, -0.2) is 5.09 Å². The van der Waals surface area contributed by atoms with Gasteiger partial charge >= 0.3 is 0 Å². The van der Waals surface area contributed by atoms with Gasteiger partial charge in [-0.3, -0.25) is 4.84 Å². The topological polar surface area (TPSA) is 78.4 Å². The van der Waals surface area contributed by atoms with E-state index in [1.807, 2.05) is 0 Å². The van der Waals surface area contributed by atoms with Crippen LogP contribution in [0, 0.1) is 10.1 Å². The highest BCUT2D eigenvalue weighted by molar-refractivity contribution is 5.16. The fraction of sp³-hybridized carbons (Fsp3) is 0.143. The number of hydrogen-bond donors (Lipinski definition) is 1. The van der Waals surface area contributed by atoms with E-state index in [2.05, 4.69) is 4.84 Å². The van der Waals surface area contributed by atoms with E-state index in [0.29, 0.717) is 5.56 Å². The molecular formula is C7H8N2O3. The van der Waals surface area contributed by atoms with Crippen molar-refractivity contribution in [2.75, 3.05) is 0 Å². The summed E-state index contributed by atoms with van der Waals surface area (Å²) in [7, 11) is 0. The van der Waals surface area contributed by atoms with Gasteiger partial charge in [-0.1, -0.05) is 30.3 Å². The maximum Gasteiger partial charge on any atom is 0.296 e. The third-order valence-corrected chi connectivity index (χ3v) is 1.33. The van der Waals surface area contributed by atoms with Gasteiger partial charge in [0.1, 0.15) is 0 Å².